The third-order valence-electron chi connectivity index (χ3n) is 1.95. The largest absolute Gasteiger partial charge is 0.491 e. The molecule has 0 unspecified atom stereocenters. The van der Waals surface area contributed by atoms with Crippen LogP contribution in [0.3, 0.4) is 0 Å². The van der Waals surface area contributed by atoms with Gasteiger partial charge < -0.3 is 10.1 Å². The molecule has 4 N–H and O–H groups in total. The van der Waals surface area contributed by atoms with Crippen molar-refractivity contribution in [3.8, 4) is 5.75 Å². The van der Waals surface area contributed by atoms with Crippen molar-refractivity contribution in [2.45, 2.75) is 13.8 Å². The minimum atomic E-state index is -0.426. The van der Waals surface area contributed by atoms with Crippen LogP contribution in [0.5, 0.6) is 5.75 Å². The molecule has 0 radical (unpaired) electrons. The quantitative estimate of drug-likeness (QED) is 0.322. The number of guanidine groups is 1. The SMILES string of the molecule is CCN=C(NN)Nc1ccc(OCC)c(F)c1. The second-order valence-corrected chi connectivity index (χ2v) is 3.17. The molecule has 0 aliphatic rings. The van der Waals surface area contributed by atoms with Crippen LogP contribution in [0.4, 0.5) is 10.1 Å². The highest BCUT2D eigenvalue weighted by atomic mass is 19.1. The number of benzene rings is 1. The van der Waals surface area contributed by atoms with E-state index in [1.54, 1.807) is 19.1 Å². The Morgan fingerprint density at radius 2 is 2.24 bits per heavy atom. The number of nitrogens with two attached hydrogens (primary N) is 1. The Kier molecular flexibility index (Phi) is 5.22. The van der Waals surface area contributed by atoms with Crippen molar-refractivity contribution in [2.75, 3.05) is 18.5 Å². The maximum atomic E-state index is 13.5. The van der Waals surface area contributed by atoms with E-state index in [1.165, 1.54) is 6.07 Å². The molecule has 6 heteroatoms. The van der Waals surface area contributed by atoms with Crippen molar-refractivity contribution < 1.29 is 9.13 Å². The number of ether oxygens (including phenoxy) is 1. The third-order valence-corrected chi connectivity index (χ3v) is 1.95. The van der Waals surface area contributed by atoms with Gasteiger partial charge in [0.1, 0.15) is 0 Å². The molecule has 0 spiro atoms. The third kappa shape index (κ3) is 3.92. The molecule has 1 aromatic carbocycles. The van der Waals surface area contributed by atoms with Crippen LogP contribution in [0, 0.1) is 5.82 Å². The molecule has 0 aromatic heterocycles. The summed E-state index contributed by atoms with van der Waals surface area (Å²) in [7, 11) is 0. The molecule has 17 heavy (non-hydrogen) atoms. The summed E-state index contributed by atoms with van der Waals surface area (Å²) in [4.78, 5) is 4.04. The van der Waals surface area contributed by atoms with Gasteiger partial charge in [-0.05, 0) is 26.0 Å². The summed E-state index contributed by atoms with van der Waals surface area (Å²) in [5, 5.41) is 2.86. The van der Waals surface area contributed by atoms with Crippen molar-refractivity contribution in [1.29, 1.82) is 0 Å². The van der Waals surface area contributed by atoms with E-state index in [2.05, 4.69) is 15.7 Å². The molecule has 0 saturated heterocycles. The van der Waals surface area contributed by atoms with Gasteiger partial charge in [0, 0.05) is 18.3 Å². The molecule has 0 amide bonds. The van der Waals surface area contributed by atoms with Crippen LogP contribution < -0.4 is 21.3 Å². The standard InChI is InChI=1S/C11H17FN4O/c1-3-14-11(16-13)15-8-5-6-10(17-4-2)9(12)7-8/h5-7H,3-4,13H2,1-2H3,(H2,14,15,16). The first-order valence-electron chi connectivity index (χ1n) is 5.41. The number of hydrazine groups is 1. The number of anilines is 1. The fraction of sp³-hybridized carbons (Fsp3) is 0.364. The van der Waals surface area contributed by atoms with Crippen LogP contribution in [-0.2, 0) is 0 Å². The molecule has 0 fully saturated rings. The van der Waals surface area contributed by atoms with Crippen molar-refractivity contribution in [2.24, 2.45) is 10.8 Å². The van der Waals surface area contributed by atoms with Gasteiger partial charge in [-0.15, -0.1) is 0 Å². The first-order valence-corrected chi connectivity index (χ1v) is 5.41. The number of rotatable bonds is 4. The maximum Gasteiger partial charge on any atom is 0.210 e. The lowest BCUT2D eigenvalue weighted by atomic mass is 10.3. The van der Waals surface area contributed by atoms with Crippen LogP contribution in [0.25, 0.3) is 0 Å². The molecule has 1 aromatic rings. The average Bonchev–Trinajstić information content (AvgIpc) is 2.32. The van der Waals surface area contributed by atoms with Crippen LogP contribution in [0.15, 0.2) is 23.2 Å². The Balaban J connectivity index is 2.79. The topological polar surface area (TPSA) is 71.7 Å². The molecule has 0 heterocycles. The van der Waals surface area contributed by atoms with Gasteiger partial charge in [-0.1, -0.05) is 0 Å². The lowest BCUT2D eigenvalue weighted by Crippen LogP contribution is -2.36. The molecular weight excluding hydrogens is 223 g/mol. The Morgan fingerprint density at radius 3 is 2.76 bits per heavy atom. The van der Waals surface area contributed by atoms with Crippen LogP contribution in [-0.4, -0.2) is 19.1 Å². The first kappa shape index (κ1) is 13.2. The average molecular weight is 240 g/mol. The summed E-state index contributed by atoms with van der Waals surface area (Å²) < 4.78 is 18.6. The Hall–Kier alpha value is -1.82. The Labute approximate surface area is 99.8 Å². The molecule has 94 valence electrons. The summed E-state index contributed by atoms with van der Waals surface area (Å²) in [6.07, 6.45) is 0. The number of halogens is 1. The minimum Gasteiger partial charge on any atom is -0.491 e. The normalized spacial score (nSPS) is 11.2. The molecule has 5 nitrogen and oxygen atoms in total. The lowest BCUT2D eigenvalue weighted by Gasteiger charge is -2.10. The summed E-state index contributed by atoms with van der Waals surface area (Å²) in [6.45, 7) is 4.68. The Bertz CT molecular complexity index is 395. The number of aliphatic imine (C=N–C) groups is 1. The van der Waals surface area contributed by atoms with Crippen molar-refractivity contribution >= 4 is 11.6 Å². The van der Waals surface area contributed by atoms with Crippen molar-refractivity contribution in [3.05, 3.63) is 24.0 Å². The van der Waals surface area contributed by atoms with Crippen LogP contribution >= 0.6 is 0 Å². The molecule has 0 bridgehead atoms. The highest BCUT2D eigenvalue weighted by Gasteiger charge is 2.05. The number of nitrogens with one attached hydrogen (secondary N) is 2. The highest BCUT2D eigenvalue weighted by molar-refractivity contribution is 5.93. The van der Waals surface area contributed by atoms with Gasteiger partial charge in [-0.2, -0.15) is 0 Å². The van der Waals surface area contributed by atoms with E-state index in [4.69, 9.17) is 10.6 Å². The zero-order valence-electron chi connectivity index (χ0n) is 9.96. The van der Waals surface area contributed by atoms with Crippen molar-refractivity contribution in [1.82, 2.24) is 5.43 Å². The van der Waals surface area contributed by atoms with E-state index in [0.29, 0.717) is 24.8 Å². The predicted octanol–water partition coefficient (Wildman–Crippen LogP) is 1.48. The number of hydrogen-bond acceptors (Lipinski definition) is 3. The molecule has 0 aliphatic carbocycles. The minimum absolute atomic E-state index is 0.229. The first-order chi connectivity index (χ1) is 8.21. The van der Waals surface area contributed by atoms with Crippen molar-refractivity contribution in [3.63, 3.8) is 0 Å². The van der Waals surface area contributed by atoms with Gasteiger partial charge in [-0.3, -0.25) is 10.4 Å². The molecule has 0 saturated carbocycles. The van der Waals surface area contributed by atoms with E-state index < -0.39 is 5.82 Å². The van der Waals surface area contributed by atoms with E-state index in [9.17, 15) is 4.39 Å². The smallest absolute Gasteiger partial charge is 0.210 e. The van der Waals surface area contributed by atoms with E-state index >= 15 is 0 Å². The lowest BCUT2D eigenvalue weighted by molar-refractivity contribution is 0.321. The summed E-state index contributed by atoms with van der Waals surface area (Å²) >= 11 is 0. The van der Waals surface area contributed by atoms with E-state index in [-0.39, 0.29) is 5.75 Å². The number of hydrogen-bond donors (Lipinski definition) is 3. The maximum absolute atomic E-state index is 13.5. The van der Waals surface area contributed by atoms with Gasteiger partial charge in [0.05, 0.1) is 6.61 Å². The molecule has 1 rings (SSSR count). The number of nitrogens with zero attached hydrogens (tertiary/aromatic N) is 1. The fourth-order valence-corrected chi connectivity index (χ4v) is 1.27. The van der Waals surface area contributed by atoms with Gasteiger partial charge >= 0.3 is 0 Å². The van der Waals surface area contributed by atoms with Gasteiger partial charge in [-0.25, -0.2) is 10.2 Å². The summed E-state index contributed by atoms with van der Waals surface area (Å²) in [5.74, 6) is 5.45. The van der Waals surface area contributed by atoms with Gasteiger partial charge in [0.2, 0.25) is 5.96 Å². The zero-order chi connectivity index (χ0) is 12.7. The van der Waals surface area contributed by atoms with Gasteiger partial charge in [0.15, 0.2) is 11.6 Å². The molecule has 0 atom stereocenters. The summed E-state index contributed by atoms with van der Waals surface area (Å²) in [5.41, 5.74) is 2.95. The molecule has 0 aliphatic heterocycles. The Morgan fingerprint density at radius 1 is 1.47 bits per heavy atom. The van der Waals surface area contributed by atoms with E-state index in [0.717, 1.165) is 0 Å². The van der Waals surface area contributed by atoms with Crippen LogP contribution in [0.1, 0.15) is 13.8 Å². The zero-order valence-corrected chi connectivity index (χ0v) is 9.96. The van der Waals surface area contributed by atoms with Gasteiger partial charge in [0.25, 0.3) is 0 Å². The second-order valence-electron chi connectivity index (χ2n) is 3.17. The molecular formula is C11H17FN4O. The summed E-state index contributed by atoms with van der Waals surface area (Å²) in [6, 6.07) is 4.57. The van der Waals surface area contributed by atoms with E-state index in [1.807, 2.05) is 6.92 Å². The predicted molar refractivity (Wildman–Crippen MR) is 66.5 cm³/mol. The highest BCUT2D eigenvalue weighted by Crippen LogP contribution is 2.20. The van der Waals surface area contributed by atoms with Crippen LogP contribution in [0.2, 0.25) is 0 Å². The fourth-order valence-electron chi connectivity index (χ4n) is 1.27. The second kappa shape index (κ2) is 6.70. The monoisotopic (exact) mass is 240 g/mol.